The Labute approximate surface area is 138 Å². The van der Waals surface area contributed by atoms with Crippen molar-refractivity contribution in [3.05, 3.63) is 12.2 Å². The predicted octanol–water partition coefficient (Wildman–Crippen LogP) is 5.97. The van der Waals surface area contributed by atoms with Gasteiger partial charge in [-0.15, -0.1) is 0 Å². The van der Waals surface area contributed by atoms with Gasteiger partial charge in [0.05, 0.1) is 6.10 Å². The molecule has 2 aliphatic rings. The van der Waals surface area contributed by atoms with Crippen molar-refractivity contribution < 1.29 is 5.11 Å². The van der Waals surface area contributed by atoms with E-state index in [1.54, 1.807) is 0 Å². The van der Waals surface area contributed by atoms with Gasteiger partial charge < -0.3 is 5.11 Å². The highest BCUT2D eigenvalue weighted by atomic mass is 16.3. The standard InChI is InChI=1S/C21H38O/c1-5-6-7-8-17-10-12-19(21(22)14-17)20-13-16(4)9-11-18(20)15(2)3/h16-22H,2,5-14H2,1,3-4H3. The van der Waals surface area contributed by atoms with Crippen LogP contribution >= 0.6 is 0 Å². The van der Waals surface area contributed by atoms with Crippen LogP contribution < -0.4 is 0 Å². The summed E-state index contributed by atoms with van der Waals surface area (Å²) < 4.78 is 0. The maximum atomic E-state index is 10.8. The van der Waals surface area contributed by atoms with E-state index in [2.05, 4.69) is 27.4 Å². The minimum Gasteiger partial charge on any atom is -0.393 e. The summed E-state index contributed by atoms with van der Waals surface area (Å²) in [5, 5.41) is 10.8. The second kappa shape index (κ2) is 8.52. The van der Waals surface area contributed by atoms with Gasteiger partial charge in [0.25, 0.3) is 0 Å². The SMILES string of the molecule is C=C(C)C1CCC(C)CC1C1CCC(CCCCC)CC1O. The molecule has 1 N–H and O–H groups in total. The Morgan fingerprint density at radius 3 is 2.45 bits per heavy atom. The molecule has 1 heteroatoms. The fourth-order valence-corrected chi connectivity index (χ4v) is 5.21. The third-order valence-electron chi connectivity index (χ3n) is 6.54. The van der Waals surface area contributed by atoms with Gasteiger partial charge in [0.1, 0.15) is 0 Å². The summed E-state index contributed by atoms with van der Waals surface area (Å²) in [5.74, 6) is 3.49. The smallest absolute Gasteiger partial charge is 0.0573 e. The van der Waals surface area contributed by atoms with Gasteiger partial charge in [-0.05, 0) is 68.6 Å². The normalized spacial score (nSPS) is 39.6. The molecule has 0 aromatic rings. The van der Waals surface area contributed by atoms with E-state index in [1.807, 2.05) is 0 Å². The van der Waals surface area contributed by atoms with Gasteiger partial charge in [0.2, 0.25) is 0 Å². The molecule has 0 bridgehead atoms. The van der Waals surface area contributed by atoms with Gasteiger partial charge in [-0.3, -0.25) is 0 Å². The van der Waals surface area contributed by atoms with Gasteiger partial charge in [-0.1, -0.05) is 58.1 Å². The Balaban J connectivity index is 1.92. The van der Waals surface area contributed by atoms with E-state index in [-0.39, 0.29) is 6.10 Å². The van der Waals surface area contributed by atoms with Crippen LogP contribution in [0.5, 0.6) is 0 Å². The van der Waals surface area contributed by atoms with E-state index in [9.17, 15) is 5.11 Å². The Bertz CT molecular complexity index is 348. The van der Waals surface area contributed by atoms with E-state index < -0.39 is 0 Å². The van der Waals surface area contributed by atoms with Crippen molar-refractivity contribution in [2.75, 3.05) is 0 Å². The van der Waals surface area contributed by atoms with Crippen LogP contribution in [0.1, 0.15) is 85.0 Å². The molecule has 1 nitrogen and oxygen atoms in total. The highest BCUT2D eigenvalue weighted by molar-refractivity contribution is 5.04. The third-order valence-corrected chi connectivity index (χ3v) is 6.54. The van der Waals surface area contributed by atoms with Crippen LogP contribution in [0.15, 0.2) is 12.2 Å². The lowest BCUT2D eigenvalue weighted by Crippen LogP contribution is -2.40. The number of hydrogen-bond donors (Lipinski definition) is 1. The molecule has 128 valence electrons. The molecule has 0 radical (unpaired) electrons. The molecule has 0 aliphatic heterocycles. The van der Waals surface area contributed by atoms with Crippen molar-refractivity contribution in [1.29, 1.82) is 0 Å². The minimum absolute atomic E-state index is 0.0578. The molecule has 6 unspecified atom stereocenters. The maximum Gasteiger partial charge on any atom is 0.0573 e. The van der Waals surface area contributed by atoms with Crippen molar-refractivity contribution in [1.82, 2.24) is 0 Å². The average Bonchev–Trinajstić information content (AvgIpc) is 2.47. The van der Waals surface area contributed by atoms with E-state index in [1.165, 1.54) is 63.4 Å². The summed E-state index contributed by atoms with van der Waals surface area (Å²) >= 11 is 0. The lowest BCUT2D eigenvalue weighted by atomic mass is 9.62. The van der Waals surface area contributed by atoms with Crippen LogP contribution in [-0.2, 0) is 0 Å². The fourth-order valence-electron chi connectivity index (χ4n) is 5.21. The second-order valence-electron chi connectivity index (χ2n) is 8.44. The van der Waals surface area contributed by atoms with E-state index in [0.29, 0.717) is 17.8 Å². The summed E-state index contributed by atoms with van der Waals surface area (Å²) in [4.78, 5) is 0. The average molecular weight is 307 g/mol. The van der Waals surface area contributed by atoms with E-state index >= 15 is 0 Å². The lowest BCUT2D eigenvalue weighted by molar-refractivity contribution is -0.0146. The largest absolute Gasteiger partial charge is 0.393 e. The zero-order valence-electron chi connectivity index (χ0n) is 15.2. The molecule has 2 aliphatic carbocycles. The maximum absolute atomic E-state index is 10.8. The summed E-state index contributed by atoms with van der Waals surface area (Å²) in [6.07, 6.45) is 12.9. The molecular formula is C21H38O. The van der Waals surface area contributed by atoms with Crippen LogP contribution in [0.2, 0.25) is 0 Å². The molecule has 0 aromatic carbocycles. The lowest BCUT2D eigenvalue weighted by Gasteiger charge is -2.45. The Hall–Kier alpha value is -0.300. The summed E-state index contributed by atoms with van der Waals surface area (Å²) in [7, 11) is 0. The van der Waals surface area contributed by atoms with Crippen LogP contribution in [-0.4, -0.2) is 11.2 Å². The highest BCUT2D eigenvalue weighted by Gasteiger charge is 2.40. The molecule has 2 fully saturated rings. The summed E-state index contributed by atoms with van der Waals surface area (Å²) in [6, 6.07) is 0. The Morgan fingerprint density at radius 1 is 1.05 bits per heavy atom. The van der Waals surface area contributed by atoms with E-state index in [4.69, 9.17) is 0 Å². The Kier molecular flexibility index (Phi) is 6.99. The first-order valence-corrected chi connectivity index (χ1v) is 9.86. The van der Waals surface area contributed by atoms with Gasteiger partial charge >= 0.3 is 0 Å². The van der Waals surface area contributed by atoms with Crippen molar-refractivity contribution in [3.63, 3.8) is 0 Å². The van der Waals surface area contributed by atoms with Gasteiger partial charge in [0.15, 0.2) is 0 Å². The molecule has 0 aromatic heterocycles. The number of allylic oxidation sites excluding steroid dienone is 1. The molecule has 0 spiro atoms. The van der Waals surface area contributed by atoms with E-state index in [0.717, 1.165) is 18.3 Å². The second-order valence-corrected chi connectivity index (χ2v) is 8.44. The topological polar surface area (TPSA) is 20.2 Å². The van der Waals surface area contributed by atoms with Crippen LogP contribution in [0.3, 0.4) is 0 Å². The van der Waals surface area contributed by atoms with Crippen molar-refractivity contribution >= 4 is 0 Å². The van der Waals surface area contributed by atoms with Crippen molar-refractivity contribution in [2.45, 2.75) is 91.1 Å². The number of aliphatic hydroxyl groups is 1. The molecular weight excluding hydrogens is 268 g/mol. The third kappa shape index (κ3) is 4.60. The quantitative estimate of drug-likeness (QED) is 0.473. The van der Waals surface area contributed by atoms with Crippen LogP contribution in [0.4, 0.5) is 0 Å². The molecule has 0 saturated heterocycles. The van der Waals surface area contributed by atoms with Crippen LogP contribution in [0.25, 0.3) is 0 Å². The molecule has 0 amide bonds. The number of hydrogen-bond acceptors (Lipinski definition) is 1. The first-order valence-electron chi connectivity index (χ1n) is 9.86. The van der Waals surface area contributed by atoms with Crippen molar-refractivity contribution in [2.24, 2.45) is 29.6 Å². The highest BCUT2D eigenvalue weighted by Crippen LogP contribution is 2.47. The molecule has 2 saturated carbocycles. The number of unbranched alkanes of at least 4 members (excludes halogenated alkanes) is 2. The first kappa shape index (κ1) is 18.0. The monoisotopic (exact) mass is 306 g/mol. The molecule has 6 atom stereocenters. The Morgan fingerprint density at radius 2 is 1.82 bits per heavy atom. The van der Waals surface area contributed by atoms with Crippen LogP contribution in [0, 0.1) is 29.6 Å². The van der Waals surface area contributed by atoms with Crippen molar-refractivity contribution in [3.8, 4) is 0 Å². The zero-order valence-corrected chi connectivity index (χ0v) is 15.2. The predicted molar refractivity (Wildman–Crippen MR) is 95.8 cm³/mol. The van der Waals surface area contributed by atoms with Gasteiger partial charge in [-0.2, -0.15) is 0 Å². The number of aliphatic hydroxyl groups excluding tert-OH is 1. The summed E-state index contributed by atoms with van der Waals surface area (Å²) in [5.41, 5.74) is 1.36. The minimum atomic E-state index is -0.0578. The molecule has 22 heavy (non-hydrogen) atoms. The zero-order chi connectivity index (χ0) is 16.1. The molecule has 2 rings (SSSR count). The molecule has 0 heterocycles. The fraction of sp³-hybridized carbons (Fsp3) is 0.905. The van der Waals surface area contributed by atoms with Gasteiger partial charge in [-0.25, -0.2) is 0 Å². The van der Waals surface area contributed by atoms with Gasteiger partial charge in [0, 0.05) is 0 Å². The first-order chi connectivity index (χ1) is 10.5. The summed E-state index contributed by atoms with van der Waals surface area (Å²) in [6.45, 7) is 11.1. The number of rotatable bonds is 6.